The summed E-state index contributed by atoms with van der Waals surface area (Å²) in [6, 6.07) is 22.1. The number of aryl methyl sites for hydroxylation is 2. The summed E-state index contributed by atoms with van der Waals surface area (Å²) in [5.41, 5.74) is 3.76. The topological polar surface area (TPSA) is 12.0 Å². The number of nitrogens with one attached hydrogen (secondary N) is 1. The molecule has 2 aliphatic heterocycles. The molecule has 1 heteroatoms. The van der Waals surface area contributed by atoms with Crippen LogP contribution in [0.4, 0.5) is 0 Å². The summed E-state index contributed by atoms with van der Waals surface area (Å²) >= 11 is 0. The summed E-state index contributed by atoms with van der Waals surface area (Å²) in [7, 11) is 0. The second kappa shape index (κ2) is 7.33. The summed E-state index contributed by atoms with van der Waals surface area (Å²) in [5, 5.41) is 4.22. The van der Waals surface area contributed by atoms with Gasteiger partial charge in [0, 0.05) is 11.1 Å². The average Bonchev–Trinajstić information content (AvgIpc) is 2.67. The molecule has 0 amide bonds. The second-order valence-electron chi connectivity index (χ2n) is 8.36. The zero-order valence-electron chi connectivity index (χ0n) is 15.3. The quantitative estimate of drug-likeness (QED) is 0.716. The molecule has 1 nitrogen and oxygen atoms in total. The molecule has 0 saturated carbocycles. The van der Waals surface area contributed by atoms with E-state index in [1.165, 1.54) is 75.3 Å². The number of piperidine rings is 2. The maximum absolute atomic E-state index is 4.22. The van der Waals surface area contributed by atoms with E-state index in [2.05, 4.69) is 66.0 Å². The highest BCUT2D eigenvalue weighted by atomic mass is 15.1. The third kappa shape index (κ3) is 3.98. The highest BCUT2D eigenvalue weighted by molar-refractivity contribution is 5.18. The molecule has 1 N–H and O–H groups in total. The van der Waals surface area contributed by atoms with Crippen LogP contribution in [0.1, 0.15) is 62.5 Å². The van der Waals surface area contributed by atoms with Gasteiger partial charge in [0.25, 0.3) is 0 Å². The molecule has 2 aromatic carbocycles. The number of fused-ring (bicyclic) bond motifs is 2. The normalized spacial score (nSPS) is 28.6. The Bertz CT molecular complexity index is 594. The highest BCUT2D eigenvalue weighted by Crippen LogP contribution is 2.44. The van der Waals surface area contributed by atoms with Gasteiger partial charge < -0.3 is 5.32 Å². The van der Waals surface area contributed by atoms with Gasteiger partial charge in [0.1, 0.15) is 0 Å². The fourth-order valence-electron chi connectivity index (χ4n) is 5.27. The predicted octanol–water partition coefficient (Wildman–Crippen LogP) is 5.69. The van der Waals surface area contributed by atoms with Gasteiger partial charge in [-0.15, -0.1) is 0 Å². The van der Waals surface area contributed by atoms with Crippen LogP contribution >= 0.6 is 0 Å². The molecule has 0 radical (unpaired) electrons. The SMILES string of the molecule is c1ccc(CCC23CCCC(CCc4ccccc4)(CCC2)N3)cc1. The van der Waals surface area contributed by atoms with Crippen molar-refractivity contribution >= 4 is 0 Å². The van der Waals surface area contributed by atoms with E-state index in [0.29, 0.717) is 11.1 Å². The maximum Gasteiger partial charge on any atom is 0.0189 e. The van der Waals surface area contributed by atoms with Crippen LogP contribution in [0.15, 0.2) is 60.7 Å². The number of benzene rings is 2. The van der Waals surface area contributed by atoms with Crippen molar-refractivity contribution in [2.45, 2.75) is 75.3 Å². The fourth-order valence-corrected chi connectivity index (χ4v) is 5.27. The zero-order chi connectivity index (χ0) is 17.0. The van der Waals surface area contributed by atoms with Crippen molar-refractivity contribution in [2.24, 2.45) is 0 Å². The summed E-state index contributed by atoms with van der Waals surface area (Å²) < 4.78 is 0. The lowest BCUT2D eigenvalue weighted by atomic mass is 9.66. The van der Waals surface area contributed by atoms with Crippen molar-refractivity contribution in [3.63, 3.8) is 0 Å². The molecule has 132 valence electrons. The molecule has 0 unspecified atom stereocenters. The summed E-state index contributed by atoms with van der Waals surface area (Å²) in [6.45, 7) is 0. The summed E-state index contributed by atoms with van der Waals surface area (Å²) in [5.74, 6) is 0. The third-order valence-corrected chi connectivity index (χ3v) is 6.62. The van der Waals surface area contributed by atoms with Gasteiger partial charge in [-0.05, 0) is 75.3 Å². The minimum absolute atomic E-state index is 0.392. The Kier molecular flexibility index (Phi) is 4.94. The Morgan fingerprint density at radius 3 is 1.40 bits per heavy atom. The zero-order valence-corrected chi connectivity index (χ0v) is 15.3. The monoisotopic (exact) mass is 333 g/mol. The molecular formula is C24H31N. The highest BCUT2D eigenvalue weighted by Gasteiger charge is 2.46. The molecule has 0 atom stereocenters. The third-order valence-electron chi connectivity index (χ3n) is 6.62. The van der Waals surface area contributed by atoms with Crippen LogP contribution in [0.25, 0.3) is 0 Å². The van der Waals surface area contributed by atoms with Crippen molar-refractivity contribution in [1.29, 1.82) is 0 Å². The molecular weight excluding hydrogens is 302 g/mol. The molecule has 0 spiro atoms. The molecule has 2 aromatic rings. The van der Waals surface area contributed by atoms with Gasteiger partial charge in [-0.25, -0.2) is 0 Å². The van der Waals surface area contributed by atoms with Gasteiger partial charge >= 0.3 is 0 Å². The van der Waals surface area contributed by atoms with E-state index in [1.807, 2.05) is 0 Å². The number of rotatable bonds is 6. The van der Waals surface area contributed by atoms with Crippen LogP contribution in [0.3, 0.4) is 0 Å². The van der Waals surface area contributed by atoms with Crippen LogP contribution in [-0.2, 0) is 12.8 Å². The molecule has 4 rings (SSSR count). The largest absolute Gasteiger partial charge is 0.306 e. The van der Waals surface area contributed by atoms with Gasteiger partial charge in [-0.1, -0.05) is 60.7 Å². The van der Waals surface area contributed by atoms with Crippen LogP contribution < -0.4 is 5.32 Å². The van der Waals surface area contributed by atoms with E-state index in [0.717, 1.165) is 0 Å². The van der Waals surface area contributed by atoms with E-state index in [9.17, 15) is 0 Å². The Hall–Kier alpha value is -1.60. The second-order valence-corrected chi connectivity index (χ2v) is 8.36. The number of hydrogen-bond acceptors (Lipinski definition) is 1. The fraction of sp³-hybridized carbons (Fsp3) is 0.500. The van der Waals surface area contributed by atoms with E-state index in [1.54, 1.807) is 0 Å². The van der Waals surface area contributed by atoms with Gasteiger partial charge in [0.05, 0.1) is 0 Å². The van der Waals surface area contributed by atoms with E-state index >= 15 is 0 Å². The first-order valence-corrected chi connectivity index (χ1v) is 10.1. The average molecular weight is 334 g/mol. The van der Waals surface area contributed by atoms with Crippen molar-refractivity contribution in [3.05, 3.63) is 71.8 Å². The molecule has 2 fully saturated rings. The lowest BCUT2D eigenvalue weighted by molar-refractivity contribution is 0.0561. The first-order valence-electron chi connectivity index (χ1n) is 10.1. The summed E-state index contributed by atoms with van der Waals surface area (Å²) in [4.78, 5) is 0. The molecule has 0 aliphatic carbocycles. The first kappa shape index (κ1) is 16.8. The Labute approximate surface area is 152 Å². The lowest BCUT2D eigenvalue weighted by Gasteiger charge is -2.54. The van der Waals surface area contributed by atoms with E-state index < -0.39 is 0 Å². The van der Waals surface area contributed by atoms with Crippen molar-refractivity contribution in [1.82, 2.24) is 5.32 Å². The Balaban J connectivity index is 1.42. The van der Waals surface area contributed by atoms with Gasteiger partial charge in [-0.3, -0.25) is 0 Å². The van der Waals surface area contributed by atoms with Gasteiger partial charge in [0.2, 0.25) is 0 Å². The Morgan fingerprint density at radius 1 is 0.600 bits per heavy atom. The van der Waals surface area contributed by atoms with E-state index in [4.69, 9.17) is 0 Å². The van der Waals surface area contributed by atoms with E-state index in [-0.39, 0.29) is 0 Å². The molecule has 2 bridgehead atoms. The van der Waals surface area contributed by atoms with Crippen molar-refractivity contribution < 1.29 is 0 Å². The van der Waals surface area contributed by atoms with Crippen LogP contribution in [0.2, 0.25) is 0 Å². The minimum Gasteiger partial charge on any atom is -0.306 e. The smallest absolute Gasteiger partial charge is 0.0189 e. The molecule has 2 heterocycles. The van der Waals surface area contributed by atoms with Gasteiger partial charge in [-0.2, -0.15) is 0 Å². The van der Waals surface area contributed by atoms with Crippen LogP contribution in [-0.4, -0.2) is 11.1 Å². The van der Waals surface area contributed by atoms with Crippen molar-refractivity contribution in [3.8, 4) is 0 Å². The Morgan fingerprint density at radius 2 is 1.00 bits per heavy atom. The standard InChI is InChI=1S/C24H31N/c1-3-9-21(10-4-1)13-19-23-15-7-17-24(25-23,18-8-16-23)20-14-22-11-5-2-6-12-22/h1-6,9-12,25H,7-8,13-20H2. The van der Waals surface area contributed by atoms with Crippen LogP contribution in [0, 0.1) is 0 Å². The lowest BCUT2D eigenvalue weighted by Crippen LogP contribution is -2.64. The molecule has 2 aliphatic rings. The molecule has 2 saturated heterocycles. The van der Waals surface area contributed by atoms with Crippen LogP contribution in [0.5, 0.6) is 0 Å². The predicted molar refractivity (Wildman–Crippen MR) is 106 cm³/mol. The van der Waals surface area contributed by atoms with Gasteiger partial charge in [0.15, 0.2) is 0 Å². The summed E-state index contributed by atoms with van der Waals surface area (Å²) in [6.07, 6.45) is 13.3. The molecule has 0 aromatic heterocycles. The minimum atomic E-state index is 0.392. The molecule has 25 heavy (non-hydrogen) atoms. The first-order chi connectivity index (χ1) is 12.3. The van der Waals surface area contributed by atoms with Crippen molar-refractivity contribution in [2.75, 3.05) is 0 Å². The maximum atomic E-state index is 4.22. The number of hydrogen-bond donors (Lipinski definition) is 1.